The zero-order valence-electron chi connectivity index (χ0n) is 15.5. The average molecular weight is 410 g/mol. The van der Waals surface area contributed by atoms with Crippen LogP contribution < -0.4 is 5.43 Å². The fourth-order valence-corrected chi connectivity index (χ4v) is 3.95. The van der Waals surface area contributed by atoms with Gasteiger partial charge in [-0.3, -0.25) is 15.1 Å². The minimum atomic E-state index is -4.46. The van der Waals surface area contributed by atoms with Crippen LogP contribution in [0.2, 0.25) is 0 Å². The summed E-state index contributed by atoms with van der Waals surface area (Å²) < 4.78 is 38.8. The summed E-state index contributed by atoms with van der Waals surface area (Å²) in [5.41, 5.74) is 2.45. The molecule has 10 heteroatoms. The SMILES string of the molecule is O=C(C1CCC=C2NN(Cc3cccc(C(F)(F)F)c3)C(=O)N21)N1CC[C@H](O)C1. The molecule has 0 spiro atoms. The van der Waals surface area contributed by atoms with E-state index in [9.17, 15) is 27.9 Å². The van der Waals surface area contributed by atoms with E-state index in [1.807, 2.05) is 0 Å². The number of amides is 3. The molecule has 0 radical (unpaired) electrons. The predicted octanol–water partition coefficient (Wildman–Crippen LogP) is 2.04. The standard InChI is InChI=1S/C19H21F3N4O3/c20-19(21,22)13-4-1-3-12(9-13)10-25-18(29)26-15(5-2-6-16(26)23-25)17(28)24-8-7-14(27)11-24/h1,3-4,6,9,14-15,23,27H,2,5,7-8,10-11H2/t14-,15?/m0/s1. The van der Waals surface area contributed by atoms with Crippen molar-refractivity contribution in [3.63, 3.8) is 0 Å². The number of benzene rings is 1. The number of aliphatic hydroxyl groups excluding tert-OH is 1. The van der Waals surface area contributed by atoms with Gasteiger partial charge >= 0.3 is 12.2 Å². The second kappa shape index (κ2) is 7.25. The molecule has 1 unspecified atom stereocenters. The summed E-state index contributed by atoms with van der Waals surface area (Å²) in [5, 5.41) is 10.9. The lowest BCUT2D eigenvalue weighted by Crippen LogP contribution is -2.50. The second-order valence-electron chi connectivity index (χ2n) is 7.46. The van der Waals surface area contributed by atoms with Crippen LogP contribution in [-0.2, 0) is 17.5 Å². The molecule has 0 aliphatic carbocycles. The summed E-state index contributed by atoms with van der Waals surface area (Å²) in [4.78, 5) is 28.7. The lowest BCUT2D eigenvalue weighted by atomic mass is 10.0. The van der Waals surface area contributed by atoms with Gasteiger partial charge in [-0.15, -0.1) is 0 Å². The molecule has 3 heterocycles. The summed E-state index contributed by atoms with van der Waals surface area (Å²) >= 11 is 0. The van der Waals surface area contributed by atoms with Crippen LogP contribution in [0.15, 0.2) is 36.2 Å². The third kappa shape index (κ3) is 3.76. The molecule has 2 fully saturated rings. The van der Waals surface area contributed by atoms with E-state index in [2.05, 4.69) is 5.43 Å². The van der Waals surface area contributed by atoms with Crippen LogP contribution in [0.5, 0.6) is 0 Å². The van der Waals surface area contributed by atoms with Crippen LogP contribution in [0.3, 0.4) is 0 Å². The van der Waals surface area contributed by atoms with Crippen molar-refractivity contribution in [2.24, 2.45) is 0 Å². The summed E-state index contributed by atoms with van der Waals surface area (Å²) in [6.07, 6.45) is -1.66. The summed E-state index contributed by atoms with van der Waals surface area (Å²) in [7, 11) is 0. The van der Waals surface area contributed by atoms with Crippen molar-refractivity contribution < 1.29 is 27.9 Å². The molecule has 3 aliphatic heterocycles. The monoisotopic (exact) mass is 410 g/mol. The van der Waals surface area contributed by atoms with E-state index in [4.69, 9.17) is 0 Å². The smallest absolute Gasteiger partial charge is 0.391 e. The number of nitrogens with one attached hydrogen (secondary N) is 1. The molecular weight excluding hydrogens is 389 g/mol. The lowest BCUT2D eigenvalue weighted by Gasteiger charge is -2.32. The second-order valence-corrected chi connectivity index (χ2v) is 7.46. The fourth-order valence-electron chi connectivity index (χ4n) is 3.95. The molecule has 2 atom stereocenters. The first kappa shape index (κ1) is 19.6. The number of β-amino-alcohol motifs (C(OH)–C–C–N with tert-alkyl or cyclic N) is 1. The van der Waals surface area contributed by atoms with Crippen molar-refractivity contribution in [2.75, 3.05) is 13.1 Å². The molecule has 1 aromatic carbocycles. The number of halogens is 3. The normalized spacial score (nSPS) is 24.5. The van der Waals surface area contributed by atoms with Gasteiger partial charge in [0.1, 0.15) is 11.9 Å². The summed E-state index contributed by atoms with van der Waals surface area (Å²) in [6, 6.07) is 3.64. The zero-order valence-corrected chi connectivity index (χ0v) is 15.5. The van der Waals surface area contributed by atoms with E-state index in [0.717, 1.165) is 12.1 Å². The Morgan fingerprint density at radius 2 is 2.07 bits per heavy atom. The maximum atomic E-state index is 12.9. The number of allylic oxidation sites excluding steroid dienone is 1. The van der Waals surface area contributed by atoms with E-state index in [1.54, 1.807) is 11.0 Å². The molecule has 1 aromatic rings. The fraction of sp³-hybridized carbons (Fsp3) is 0.474. The Hall–Kier alpha value is -2.75. The Morgan fingerprint density at radius 3 is 2.76 bits per heavy atom. The van der Waals surface area contributed by atoms with E-state index >= 15 is 0 Å². The Morgan fingerprint density at radius 1 is 1.28 bits per heavy atom. The molecule has 7 nitrogen and oxygen atoms in total. The molecule has 2 saturated heterocycles. The largest absolute Gasteiger partial charge is 0.416 e. The number of alkyl halides is 3. The number of aliphatic hydroxyl groups is 1. The van der Waals surface area contributed by atoms with Crippen molar-refractivity contribution in [2.45, 2.75) is 44.1 Å². The van der Waals surface area contributed by atoms with E-state index in [0.29, 0.717) is 37.2 Å². The number of hydrogen-bond donors (Lipinski definition) is 2. The molecule has 0 aromatic heterocycles. The summed E-state index contributed by atoms with van der Waals surface area (Å²) in [5.74, 6) is 0.245. The lowest BCUT2D eigenvalue weighted by molar-refractivity contribution is -0.137. The van der Waals surface area contributed by atoms with E-state index in [1.165, 1.54) is 22.0 Å². The average Bonchev–Trinajstić information content (AvgIpc) is 3.24. The molecule has 3 amide bonds. The van der Waals surface area contributed by atoms with Crippen molar-refractivity contribution in [1.29, 1.82) is 0 Å². The third-order valence-corrected chi connectivity index (χ3v) is 5.39. The highest BCUT2D eigenvalue weighted by Gasteiger charge is 2.44. The van der Waals surface area contributed by atoms with Gasteiger partial charge in [-0.25, -0.2) is 9.80 Å². The van der Waals surface area contributed by atoms with Crippen LogP contribution in [0, 0.1) is 0 Å². The highest BCUT2D eigenvalue weighted by molar-refractivity contribution is 5.89. The maximum absolute atomic E-state index is 12.9. The molecular formula is C19H21F3N4O3. The molecule has 3 aliphatic rings. The quantitative estimate of drug-likeness (QED) is 0.800. The minimum absolute atomic E-state index is 0.0695. The zero-order chi connectivity index (χ0) is 20.8. The van der Waals surface area contributed by atoms with Crippen LogP contribution >= 0.6 is 0 Å². The number of fused-ring (bicyclic) bond motifs is 1. The first-order valence-corrected chi connectivity index (χ1v) is 9.44. The first-order chi connectivity index (χ1) is 13.7. The van der Waals surface area contributed by atoms with Crippen LogP contribution in [-0.4, -0.2) is 57.1 Å². The van der Waals surface area contributed by atoms with Gasteiger partial charge in [-0.1, -0.05) is 12.1 Å². The number of urea groups is 1. The van der Waals surface area contributed by atoms with E-state index < -0.39 is 29.9 Å². The molecule has 0 bridgehead atoms. The predicted molar refractivity (Wildman–Crippen MR) is 95.7 cm³/mol. The van der Waals surface area contributed by atoms with Gasteiger partial charge in [0.25, 0.3) is 0 Å². The number of carbonyl (C=O) groups is 2. The number of hydrazine groups is 1. The Bertz CT molecular complexity index is 857. The highest BCUT2D eigenvalue weighted by atomic mass is 19.4. The van der Waals surface area contributed by atoms with Gasteiger partial charge in [-0.05, 0) is 43.0 Å². The van der Waals surface area contributed by atoms with Gasteiger partial charge in [0.15, 0.2) is 0 Å². The molecule has 156 valence electrons. The van der Waals surface area contributed by atoms with Crippen LogP contribution in [0.4, 0.5) is 18.0 Å². The third-order valence-electron chi connectivity index (χ3n) is 5.39. The first-order valence-electron chi connectivity index (χ1n) is 9.44. The number of rotatable bonds is 3. The van der Waals surface area contributed by atoms with Crippen molar-refractivity contribution in [1.82, 2.24) is 20.2 Å². The number of carbonyl (C=O) groups excluding carboxylic acids is 2. The van der Waals surface area contributed by atoms with Gasteiger partial charge in [-0.2, -0.15) is 13.2 Å². The van der Waals surface area contributed by atoms with Crippen LogP contribution in [0.25, 0.3) is 0 Å². The van der Waals surface area contributed by atoms with Gasteiger partial charge in [0, 0.05) is 13.1 Å². The number of hydrogen-bond acceptors (Lipinski definition) is 4. The number of nitrogens with zero attached hydrogens (tertiary/aromatic N) is 3. The molecule has 29 heavy (non-hydrogen) atoms. The van der Waals surface area contributed by atoms with Crippen molar-refractivity contribution in [3.05, 3.63) is 47.3 Å². The molecule has 0 saturated carbocycles. The molecule has 2 N–H and O–H groups in total. The molecule has 4 rings (SSSR count). The van der Waals surface area contributed by atoms with Crippen molar-refractivity contribution in [3.8, 4) is 0 Å². The Labute approximate surface area is 165 Å². The van der Waals surface area contributed by atoms with Gasteiger partial charge in [0.05, 0.1) is 18.2 Å². The summed E-state index contributed by atoms with van der Waals surface area (Å²) in [6.45, 7) is 0.622. The maximum Gasteiger partial charge on any atom is 0.416 e. The minimum Gasteiger partial charge on any atom is -0.391 e. The van der Waals surface area contributed by atoms with Gasteiger partial charge < -0.3 is 10.0 Å². The van der Waals surface area contributed by atoms with E-state index in [-0.39, 0.29) is 19.0 Å². The Balaban J connectivity index is 1.50. The van der Waals surface area contributed by atoms with Gasteiger partial charge in [0.2, 0.25) is 5.91 Å². The van der Waals surface area contributed by atoms with Crippen LogP contribution in [0.1, 0.15) is 30.4 Å². The number of likely N-dealkylation sites (tertiary alicyclic amines) is 1. The Kier molecular flexibility index (Phi) is 4.89. The topological polar surface area (TPSA) is 76.1 Å². The van der Waals surface area contributed by atoms with Crippen molar-refractivity contribution >= 4 is 11.9 Å². The highest BCUT2D eigenvalue weighted by Crippen LogP contribution is 2.31.